The molecule has 2 nitrogen and oxygen atoms in total. The van der Waals surface area contributed by atoms with Gasteiger partial charge in [-0.15, -0.1) is 0 Å². The van der Waals surface area contributed by atoms with Gasteiger partial charge < -0.3 is 5.32 Å². The lowest BCUT2D eigenvalue weighted by molar-refractivity contribution is 0.193. The Hall–Kier alpha value is -0.0800. The van der Waals surface area contributed by atoms with Crippen LogP contribution in [0.3, 0.4) is 0 Å². The number of rotatable bonds is 3. The first kappa shape index (κ1) is 5.06. The highest BCUT2D eigenvalue weighted by Crippen LogP contribution is 2.17. The summed E-state index contributed by atoms with van der Waals surface area (Å²) >= 11 is 0. The Morgan fingerprint density at radius 1 is 1.57 bits per heavy atom. The molecule has 0 aromatic carbocycles. The van der Waals surface area contributed by atoms with Gasteiger partial charge in [-0.05, 0) is 12.8 Å². The van der Waals surface area contributed by atoms with Crippen molar-refractivity contribution < 1.29 is 5.11 Å². The van der Waals surface area contributed by atoms with Crippen LogP contribution in [0.4, 0.5) is 0 Å². The average molecular weight is 100 g/mol. The molecular weight excluding hydrogens is 90.1 g/mol. The van der Waals surface area contributed by atoms with Crippen LogP contribution >= 0.6 is 0 Å². The molecule has 0 aliphatic heterocycles. The van der Waals surface area contributed by atoms with Crippen LogP contribution in [0, 0.1) is 0 Å². The molecule has 1 aliphatic carbocycles. The van der Waals surface area contributed by atoms with Crippen LogP contribution in [0.1, 0.15) is 12.8 Å². The molecule has 0 bridgehead atoms. The Morgan fingerprint density at radius 2 is 2.29 bits per heavy atom. The highest BCUT2D eigenvalue weighted by atomic mass is 16.3. The van der Waals surface area contributed by atoms with Crippen molar-refractivity contribution in [2.75, 3.05) is 13.2 Å². The van der Waals surface area contributed by atoms with E-state index in [9.17, 15) is 5.11 Å². The zero-order chi connectivity index (χ0) is 5.11. The van der Waals surface area contributed by atoms with Crippen molar-refractivity contribution in [3.05, 3.63) is 0 Å². The van der Waals surface area contributed by atoms with Crippen molar-refractivity contribution in [2.24, 2.45) is 0 Å². The SMILES string of the molecule is [O]CCNC1CC1. The maximum absolute atomic E-state index is 9.80. The molecule has 1 fully saturated rings. The van der Waals surface area contributed by atoms with Gasteiger partial charge in [0.2, 0.25) is 0 Å². The van der Waals surface area contributed by atoms with Gasteiger partial charge in [-0.1, -0.05) is 0 Å². The molecule has 1 radical (unpaired) electrons. The predicted molar refractivity (Wildman–Crippen MR) is 26.6 cm³/mol. The van der Waals surface area contributed by atoms with E-state index in [1.165, 1.54) is 12.8 Å². The van der Waals surface area contributed by atoms with E-state index in [0.717, 1.165) is 0 Å². The van der Waals surface area contributed by atoms with E-state index in [-0.39, 0.29) is 6.61 Å². The first-order chi connectivity index (χ1) is 3.43. The fourth-order valence-electron chi connectivity index (χ4n) is 0.551. The minimum absolute atomic E-state index is 0.0243. The molecule has 0 spiro atoms. The molecule has 1 N–H and O–H groups in total. The quantitative estimate of drug-likeness (QED) is 0.538. The largest absolute Gasteiger partial charge is 0.312 e. The zero-order valence-electron chi connectivity index (χ0n) is 4.31. The summed E-state index contributed by atoms with van der Waals surface area (Å²) in [5.74, 6) is 0. The normalized spacial score (nSPS) is 20.1. The second-order valence-electron chi connectivity index (χ2n) is 1.93. The van der Waals surface area contributed by atoms with Crippen molar-refractivity contribution in [1.29, 1.82) is 0 Å². The third-order valence-electron chi connectivity index (χ3n) is 1.11. The summed E-state index contributed by atoms with van der Waals surface area (Å²) in [6.07, 6.45) is 2.56. The summed E-state index contributed by atoms with van der Waals surface area (Å²) in [6, 6.07) is 0.703. The molecule has 41 valence electrons. The van der Waals surface area contributed by atoms with Crippen molar-refractivity contribution in [3.63, 3.8) is 0 Å². The van der Waals surface area contributed by atoms with Gasteiger partial charge in [0, 0.05) is 12.6 Å². The molecule has 7 heavy (non-hydrogen) atoms. The van der Waals surface area contributed by atoms with E-state index in [1.54, 1.807) is 0 Å². The van der Waals surface area contributed by atoms with Gasteiger partial charge in [-0.3, -0.25) is 0 Å². The van der Waals surface area contributed by atoms with E-state index in [4.69, 9.17) is 0 Å². The number of nitrogens with one attached hydrogen (secondary N) is 1. The van der Waals surface area contributed by atoms with Crippen LogP contribution in [0.5, 0.6) is 0 Å². The van der Waals surface area contributed by atoms with Gasteiger partial charge in [0.05, 0.1) is 6.61 Å². The van der Waals surface area contributed by atoms with Crippen LogP contribution in [0.15, 0.2) is 0 Å². The van der Waals surface area contributed by atoms with Crippen molar-refractivity contribution in [2.45, 2.75) is 18.9 Å². The van der Waals surface area contributed by atoms with Crippen LogP contribution in [-0.2, 0) is 5.11 Å². The maximum Gasteiger partial charge on any atom is 0.0946 e. The van der Waals surface area contributed by atoms with Crippen molar-refractivity contribution >= 4 is 0 Å². The molecule has 0 saturated heterocycles. The Kier molecular flexibility index (Phi) is 1.65. The summed E-state index contributed by atoms with van der Waals surface area (Å²) < 4.78 is 0. The molecule has 0 aromatic heterocycles. The third-order valence-corrected chi connectivity index (χ3v) is 1.11. The van der Waals surface area contributed by atoms with Crippen LogP contribution in [-0.4, -0.2) is 19.2 Å². The summed E-state index contributed by atoms with van der Waals surface area (Å²) in [6.45, 7) is 0.682. The first-order valence-electron chi connectivity index (χ1n) is 2.75. The Bertz CT molecular complexity index is 52.0. The Balaban J connectivity index is 1.80. The van der Waals surface area contributed by atoms with E-state index < -0.39 is 0 Å². The molecule has 0 heterocycles. The second-order valence-corrected chi connectivity index (χ2v) is 1.93. The van der Waals surface area contributed by atoms with Crippen LogP contribution < -0.4 is 5.32 Å². The van der Waals surface area contributed by atoms with Crippen LogP contribution in [0.2, 0.25) is 0 Å². The Labute approximate surface area is 43.5 Å². The highest BCUT2D eigenvalue weighted by molar-refractivity contribution is 4.80. The summed E-state index contributed by atoms with van der Waals surface area (Å²) in [7, 11) is 0. The van der Waals surface area contributed by atoms with E-state index >= 15 is 0 Å². The average Bonchev–Trinajstić information content (AvgIpc) is 2.42. The van der Waals surface area contributed by atoms with Gasteiger partial charge in [-0.25, -0.2) is 5.11 Å². The molecule has 2 heteroatoms. The van der Waals surface area contributed by atoms with Gasteiger partial charge >= 0.3 is 0 Å². The van der Waals surface area contributed by atoms with E-state index in [0.29, 0.717) is 12.6 Å². The first-order valence-corrected chi connectivity index (χ1v) is 2.75. The van der Waals surface area contributed by atoms with Gasteiger partial charge in [0.15, 0.2) is 0 Å². The standard InChI is InChI=1S/C5H10NO/c7-4-3-6-5-1-2-5/h5-6H,1-4H2. The molecular formula is C5H10NO. The minimum Gasteiger partial charge on any atom is -0.312 e. The number of hydrogen-bond acceptors (Lipinski definition) is 1. The van der Waals surface area contributed by atoms with Crippen LogP contribution in [0.25, 0.3) is 0 Å². The summed E-state index contributed by atoms with van der Waals surface area (Å²) in [5, 5.41) is 12.9. The molecule has 0 atom stereocenters. The van der Waals surface area contributed by atoms with Gasteiger partial charge in [-0.2, -0.15) is 0 Å². The topological polar surface area (TPSA) is 31.9 Å². The second kappa shape index (κ2) is 2.28. The fraction of sp³-hybridized carbons (Fsp3) is 1.00. The molecule has 0 unspecified atom stereocenters. The molecule has 1 aliphatic rings. The van der Waals surface area contributed by atoms with Crippen molar-refractivity contribution in [1.82, 2.24) is 5.32 Å². The lowest BCUT2D eigenvalue weighted by atomic mass is 10.6. The predicted octanol–water partition coefficient (Wildman–Crippen LogP) is 0.169. The van der Waals surface area contributed by atoms with Gasteiger partial charge in [0.25, 0.3) is 0 Å². The fourth-order valence-corrected chi connectivity index (χ4v) is 0.551. The maximum atomic E-state index is 9.80. The molecule has 1 saturated carbocycles. The summed E-state index contributed by atoms with van der Waals surface area (Å²) in [4.78, 5) is 0. The lowest BCUT2D eigenvalue weighted by Crippen LogP contribution is -2.19. The monoisotopic (exact) mass is 100 g/mol. The lowest BCUT2D eigenvalue weighted by Gasteiger charge is -1.92. The molecule has 0 amide bonds. The minimum atomic E-state index is 0.0243. The number of hydrogen-bond donors (Lipinski definition) is 1. The van der Waals surface area contributed by atoms with E-state index in [2.05, 4.69) is 5.32 Å². The molecule has 1 rings (SSSR count). The van der Waals surface area contributed by atoms with E-state index in [1.807, 2.05) is 0 Å². The zero-order valence-corrected chi connectivity index (χ0v) is 4.31. The summed E-state index contributed by atoms with van der Waals surface area (Å²) in [5.41, 5.74) is 0. The Morgan fingerprint density at radius 3 is 2.71 bits per heavy atom. The van der Waals surface area contributed by atoms with Gasteiger partial charge in [0.1, 0.15) is 0 Å². The van der Waals surface area contributed by atoms with Crippen molar-refractivity contribution in [3.8, 4) is 0 Å². The molecule has 0 aromatic rings. The smallest absolute Gasteiger partial charge is 0.0946 e. The third kappa shape index (κ3) is 1.90. The highest BCUT2D eigenvalue weighted by Gasteiger charge is 2.19.